The monoisotopic (exact) mass is 288 g/mol. The van der Waals surface area contributed by atoms with Crippen molar-refractivity contribution in [1.29, 1.82) is 0 Å². The minimum atomic E-state index is -0.0738. The van der Waals surface area contributed by atoms with Crippen molar-refractivity contribution < 1.29 is 9.53 Å². The Bertz CT molecular complexity index is 595. The fourth-order valence-corrected chi connectivity index (χ4v) is 1.95. The summed E-state index contributed by atoms with van der Waals surface area (Å²) in [5, 5.41) is 7.02. The van der Waals surface area contributed by atoms with Gasteiger partial charge in [-0.3, -0.25) is 9.48 Å². The van der Waals surface area contributed by atoms with Gasteiger partial charge in [-0.2, -0.15) is 5.10 Å². The van der Waals surface area contributed by atoms with Crippen molar-refractivity contribution in [1.82, 2.24) is 9.78 Å². The van der Waals surface area contributed by atoms with E-state index in [2.05, 4.69) is 10.4 Å². The van der Waals surface area contributed by atoms with E-state index in [1.165, 1.54) is 0 Å². The van der Waals surface area contributed by atoms with Crippen LogP contribution in [0, 0.1) is 0 Å². The number of amides is 1. The molecule has 0 aliphatic heterocycles. The van der Waals surface area contributed by atoms with E-state index in [9.17, 15) is 4.79 Å². The highest BCUT2D eigenvalue weighted by atomic mass is 16.5. The number of para-hydroxylation sites is 1. The number of ether oxygens (including phenoxy) is 1. The van der Waals surface area contributed by atoms with Gasteiger partial charge in [0, 0.05) is 31.5 Å². The average molecular weight is 288 g/mol. The molecule has 3 N–H and O–H groups in total. The van der Waals surface area contributed by atoms with Gasteiger partial charge in [-0.15, -0.1) is 0 Å². The molecule has 2 rings (SSSR count). The highest BCUT2D eigenvalue weighted by Gasteiger charge is 2.07. The van der Waals surface area contributed by atoms with E-state index >= 15 is 0 Å². The summed E-state index contributed by atoms with van der Waals surface area (Å²) in [5.41, 5.74) is 7.55. The van der Waals surface area contributed by atoms with Crippen molar-refractivity contribution in [2.45, 2.75) is 19.4 Å². The number of carbonyl (C=O) groups excluding carboxylic acids is 1. The van der Waals surface area contributed by atoms with Crippen LogP contribution in [-0.4, -0.2) is 29.4 Å². The van der Waals surface area contributed by atoms with Gasteiger partial charge in [0.2, 0.25) is 5.91 Å². The van der Waals surface area contributed by atoms with Gasteiger partial charge < -0.3 is 15.8 Å². The predicted octanol–water partition coefficient (Wildman–Crippen LogP) is 1.68. The van der Waals surface area contributed by atoms with Gasteiger partial charge in [-0.25, -0.2) is 0 Å². The summed E-state index contributed by atoms with van der Waals surface area (Å²) in [7, 11) is 1.64. The molecule has 0 bridgehead atoms. The molecule has 6 heteroatoms. The number of nitrogens with two attached hydrogens (primary N) is 1. The maximum absolute atomic E-state index is 11.9. The molecule has 0 fully saturated rings. The Kier molecular flexibility index (Phi) is 5.34. The van der Waals surface area contributed by atoms with E-state index < -0.39 is 0 Å². The first-order chi connectivity index (χ1) is 10.2. The minimum absolute atomic E-state index is 0.0738. The summed E-state index contributed by atoms with van der Waals surface area (Å²) in [6, 6.07) is 9.34. The van der Waals surface area contributed by atoms with Gasteiger partial charge in [0.25, 0.3) is 0 Å². The molecule has 0 saturated heterocycles. The average Bonchev–Trinajstić information content (AvgIpc) is 2.91. The zero-order valence-electron chi connectivity index (χ0n) is 12.1. The number of nitrogen functional groups attached to an aromatic ring is 1. The van der Waals surface area contributed by atoms with Crippen LogP contribution >= 0.6 is 0 Å². The van der Waals surface area contributed by atoms with Crippen molar-refractivity contribution in [2.75, 3.05) is 24.8 Å². The molecule has 0 saturated carbocycles. The first kappa shape index (κ1) is 15.1. The van der Waals surface area contributed by atoms with E-state index in [0.717, 1.165) is 5.56 Å². The molecule has 0 aliphatic rings. The van der Waals surface area contributed by atoms with Crippen molar-refractivity contribution in [3.05, 3.63) is 42.1 Å². The number of carbonyl (C=O) groups is 1. The van der Waals surface area contributed by atoms with Gasteiger partial charge >= 0.3 is 0 Å². The summed E-state index contributed by atoms with van der Waals surface area (Å²) in [6.07, 6.45) is 2.80. The Morgan fingerprint density at radius 3 is 2.95 bits per heavy atom. The number of benzene rings is 1. The number of nitrogens with zero attached hydrogens (tertiary/aromatic N) is 2. The molecule has 0 radical (unpaired) electrons. The zero-order chi connectivity index (χ0) is 15.1. The molecule has 21 heavy (non-hydrogen) atoms. The molecule has 2 aromatic rings. The van der Waals surface area contributed by atoms with Gasteiger partial charge in [0.15, 0.2) is 5.82 Å². The quantitative estimate of drug-likeness (QED) is 0.759. The molecule has 6 nitrogen and oxygen atoms in total. The molecule has 1 aromatic carbocycles. The molecule has 0 atom stereocenters. The second-order valence-electron chi connectivity index (χ2n) is 4.70. The number of rotatable bonds is 7. The number of aromatic nitrogens is 2. The second-order valence-corrected chi connectivity index (χ2v) is 4.70. The Labute approximate surface area is 123 Å². The lowest BCUT2D eigenvalue weighted by Crippen LogP contribution is -2.14. The van der Waals surface area contributed by atoms with E-state index in [-0.39, 0.29) is 5.91 Å². The van der Waals surface area contributed by atoms with Gasteiger partial charge in [-0.1, -0.05) is 18.2 Å². The summed E-state index contributed by atoms with van der Waals surface area (Å²) in [6.45, 7) is 1.25. The third-order valence-corrected chi connectivity index (χ3v) is 3.11. The van der Waals surface area contributed by atoms with E-state index in [0.29, 0.717) is 37.5 Å². The fraction of sp³-hybridized carbons (Fsp3) is 0.333. The van der Waals surface area contributed by atoms with E-state index in [1.807, 2.05) is 30.5 Å². The first-order valence-corrected chi connectivity index (χ1v) is 6.84. The molecular formula is C15H20N4O2. The SMILES string of the molecule is COCCn1ccc(NC(=O)CCc2ccccc2N)n1. The normalized spacial score (nSPS) is 10.5. The van der Waals surface area contributed by atoms with Crippen molar-refractivity contribution in [3.63, 3.8) is 0 Å². The van der Waals surface area contributed by atoms with Crippen molar-refractivity contribution in [3.8, 4) is 0 Å². The van der Waals surface area contributed by atoms with Crippen LogP contribution in [0.2, 0.25) is 0 Å². The lowest BCUT2D eigenvalue weighted by Gasteiger charge is -2.05. The summed E-state index contributed by atoms with van der Waals surface area (Å²) < 4.78 is 6.71. The zero-order valence-corrected chi connectivity index (χ0v) is 12.1. The van der Waals surface area contributed by atoms with Gasteiger partial charge in [-0.05, 0) is 18.1 Å². The minimum Gasteiger partial charge on any atom is -0.399 e. The number of hydrogen-bond donors (Lipinski definition) is 2. The molecule has 1 heterocycles. The Morgan fingerprint density at radius 1 is 1.38 bits per heavy atom. The molecule has 1 aromatic heterocycles. The second kappa shape index (κ2) is 7.44. The van der Waals surface area contributed by atoms with Crippen LogP contribution in [0.15, 0.2) is 36.5 Å². The molecule has 112 valence electrons. The topological polar surface area (TPSA) is 82.2 Å². The van der Waals surface area contributed by atoms with Crippen LogP contribution in [0.3, 0.4) is 0 Å². The summed E-state index contributed by atoms with van der Waals surface area (Å²) in [4.78, 5) is 11.9. The molecule has 1 amide bonds. The van der Waals surface area contributed by atoms with E-state index in [4.69, 9.17) is 10.5 Å². The summed E-state index contributed by atoms with van der Waals surface area (Å²) in [5.74, 6) is 0.479. The highest BCUT2D eigenvalue weighted by Crippen LogP contribution is 2.13. The Balaban J connectivity index is 1.82. The Morgan fingerprint density at radius 2 is 2.19 bits per heavy atom. The lowest BCUT2D eigenvalue weighted by molar-refractivity contribution is -0.116. The highest BCUT2D eigenvalue weighted by molar-refractivity contribution is 5.89. The van der Waals surface area contributed by atoms with Crippen molar-refractivity contribution >= 4 is 17.4 Å². The molecule has 0 unspecified atom stereocenters. The maximum atomic E-state index is 11.9. The van der Waals surface area contributed by atoms with Crippen LogP contribution in [-0.2, 0) is 22.5 Å². The number of anilines is 2. The van der Waals surface area contributed by atoms with Gasteiger partial charge in [0.05, 0.1) is 13.2 Å². The van der Waals surface area contributed by atoms with E-state index in [1.54, 1.807) is 17.9 Å². The van der Waals surface area contributed by atoms with Crippen LogP contribution in [0.4, 0.5) is 11.5 Å². The largest absolute Gasteiger partial charge is 0.399 e. The number of methoxy groups -OCH3 is 1. The maximum Gasteiger partial charge on any atom is 0.225 e. The molecular weight excluding hydrogens is 268 g/mol. The van der Waals surface area contributed by atoms with Crippen molar-refractivity contribution in [2.24, 2.45) is 0 Å². The van der Waals surface area contributed by atoms with Crippen LogP contribution in [0.25, 0.3) is 0 Å². The Hall–Kier alpha value is -2.34. The third kappa shape index (κ3) is 4.61. The summed E-state index contributed by atoms with van der Waals surface area (Å²) >= 11 is 0. The number of aryl methyl sites for hydroxylation is 1. The lowest BCUT2D eigenvalue weighted by atomic mass is 10.1. The van der Waals surface area contributed by atoms with Gasteiger partial charge in [0.1, 0.15) is 0 Å². The first-order valence-electron chi connectivity index (χ1n) is 6.84. The number of nitrogens with one attached hydrogen (secondary N) is 1. The van der Waals surface area contributed by atoms with Crippen LogP contribution in [0.5, 0.6) is 0 Å². The fourth-order valence-electron chi connectivity index (χ4n) is 1.95. The predicted molar refractivity (Wildman–Crippen MR) is 81.9 cm³/mol. The van der Waals surface area contributed by atoms with Crippen LogP contribution < -0.4 is 11.1 Å². The smallest absolute Gasteiger partial charge is 0.225 e. The number of hydrogen-bond acceptors (Lipinski definition) is 4. The molecule has 0 spiro atoms. The standard InChI is InChI=1S/C15H20N4O2/c1-21-11-10-19-9-8-14(18-19)17-15(20)7-6-12-4-2-3-5-13(12)16/h2-5,8-9H,6-7,10-11,16H2,1H3,(H,17,18,20). The third-order valence-electron chi connectivity index (χ3n) is 3.11. The van der Waals surface area contributed by atoms with Crippen LogP contribution in [0.1, 0.15) is 12.0 Å². The molecule has 0 aliphatic carbocycles.